The first-order chi connectivity index (χ1) is 16.2. The molecule has 3 rings (SSSR count). The van der Waals surface area contributed by atoms with Crippen LogP contribution in [0.1, 0.15) is 29.8 Å². The molecule has 2 aromatic rings. The summed E-state index contributed by atoms with van der Waals surface area (Å²) in [4.78, 5) is 24.6. The Kier molecular flexibility index (Phi) is 7.31. The van der Waals surface area contributed by atoms with Gasteiger partial charge in [0, 0.05) is 17.3 Å². The summed E-state index contributed by atoms with van der Waals surface area (Å²) in [6.07, 6.45) is 1.43. The first kappa shape index (κ1) is 24.8. The van der Waals surface area contributed by atoms with Crippen molar-refractivity contribution in [3.8, 4) is 11.5 Å². The molecule has 9 nitrogen and oxygen atoms in total. The van der Waals surface area contributed by atoms with Crippen LogP contribution in [0.2, 0.25) is 0 Å². The predicted octanol–water partition coefficient (Wildman–Crippen LogP) is 3.59. The van der Waals surface area contributed by atoms with E-state index in [0.29, 0.717) is 34.0 Å². The Morgan fingerprint density at radius 2 is 1.71 bits per heavy atom. The minimum atomic E-state index is -4.22. The molecule has 0 fully saturated rings. The van der Waals surface area contributed by atoms with E-state index in [1.54, 1.807) is 26.0 Å². The lowest BCUT2D eigenvalue weighted by Crippen LogP contribution is -2.39. The maximum atomic E-state index is 13.5. The molecule has 1 amide bonds. The number of nitrogens with one attached hydrogen (secondary N) is 1. The number of esters is 1. The van der Waals surface area contributed by atoms with Gasteiger partial charge in [0.25, 0.3) is 15.9 Å². The van der Waals surface area contributed by atoms with Gasteiger partial charge in [0.1, 0.15) is 0 Å². The third-order valence-electron chi connectivity index (χ3n) is 5.22. The van der Waals surface area contributed by atoms with Gasteiger partial charge in [-0.1, -0.05) is 6.08 Å². The summed E-state index contributed by atoms with van der Waals surface area (Å²) in [5.74, 6) is -0.550. The third-order valence-corrected chi connectivity index (χ3v) is 7.15. The number of ether oxygens (including phenoxy) is 3. The fraction of sp³-hybridized carbons (Fsp3) is 0.250. The molecule has 0 atom stereocenters. The molecular weight excluding hydrogens is 460 g/mol. The predicted molar refractivity (Wildman–Crippen MR) is 130 cm³/mol. The highest BCUT2D eigenvalue weighted by atomic mass is 32.2. The van der Waals surface area contributed by atoms with Crippen LogP contribution in [-0.4, -0.2) is 47.7 Å². The van der Waals surface area contributed by atoms with Crippen LogP contribution in [0.25, 0.3) is 5.57 Å². The largest absolute Gasteiger partial charge is 0.493 e. The zero-order chi connectivity index (χ0) is 25.0. The van der Waals surface area contributed by atoms with E-state index in [1.165, 1.54) is 44.6 Å². The first-order valence-electron chi connectivity index (χ1n) is 10.4. The molecular formula is C24H26N2O7S. The van der Waals surface area contributed by atoms with E-state index in [-0.39, 0.29) is 18.7 Å². The van der Waals surface area contributed by atoms with Crippen molar-refractivity contribution in [1.29, 1.82) is 0 Å². The highest BCUT2D eigenvalue weighted by Gasteiger charge is 2.40. The molecule has 2 aromatic carbocycles. The van der Waals surface area contributed by atoms with Crippen LogP contribution in [0.15, 0.2) is 54.0 Å². The average Bonchev–Trinajstić information content (AvgIpc) is 2.81. The molecule has 0 saturated heterocycles. The van der Waals surface area contributed by atoms with Crippen molar-refractivity contribution in [1.82, 2.24) is 0 Å². The topological polar surface area (TPSA) is 111 Å². The van der Waals surface area contributed by atoms with Crippen molar-refractivity contribution >= 4 is 38.8 Å². The average molecular weight is 487 g/mol. The van der Waals surface area contributed by atoms with Crippen LogP contribution in [-0.2, 0) is 19.6 Å². The van der Waals surface area contributed by atoms with Crippen LogP contribution in [0.5, 0.6) is 11.5 Å². The molecule has 1 heterocycles. The van der Waals surface area contributed by atoms with Crippen molar-refractivity contribution in [3.63, 3.8) is 0 Å². The maximum absolute atomic E-state index is 13.5. The van der Waals surface area contributed by atoms with Gasteiger partial charge in [-0.05, 0) is 49.8 Å². The molecule has 0 unspecified atom stereocenters. The summed E-state index contributed by atoms with van der Waals surface area (Å²) in [5.41, 5.74) is 1.76. The van der Waals surface area contributed by atoms with E-state index in [2.05, 4.69) is 11.9 Å². The summed E-state index contributed by atoms with van der Waals surface area (Å²) >= 11 is 0. The molecule has 10 heteroatoms. The summed E-state index contributed by atoms with van der Waals surface area (Å²) in [5, 5.41) is 2.60. The second-order valence-corrected chi connectivity index (χ2v) is 9.05. The van der Waals surface area contributed by atoms with Gasteiger partial charge in [-0.2, -0.15) is 0 Å². The number of anilines is 2. The van der Waals surface area contributed by atoms with Crippen molar-refractivity contribution < 1.29 is 32.2 Å². The van der Waals surface area contributed by atoms with E-state index < -0.39 is 26.8 Å². The highest BCUT2D eigenvalue weighted by Crippen LogP contribution is 2.45. The number of carbonyl (C=O) groups is 2. The highest BCUT2D eigenvalue weighted by molar-refractivity contribution is 7.97. The molecule has 0 spiro atoms. The van der Waals surface area contributed by atoms with Gasteiger partial charge in [-0.25, -0.2) is 13.2 Å². The Labute approximate surface area is 198 Å². The molecule has 1 aliphatic heterocycles. The van der Waals surface area contributed by atoms with Gasteiger partial charge in [0.2, 0.25) is 0 Å². The molecule has 0 bridgehead atoms. The lowest BCUT2D eigenvalue weighted by atomic mass is 10.0. The second-order valence-electron chi connectivity index (χ2n) is 7.26. The number of sulfonamides is 1. The van der Waals surface area contributed by atoms with Gasteiger partial charge < -0.3 is 19.5 Å². The Morgan fingerprint density at radius 3 is 2.26 bits per heavy atom. The fourth-order valence-corrected chi connectivity index (χ4v) is 5.34. The van der Waals surface area contributed by atoms with E-state index in [9.17, 15) is 18.0 Å². The number of benzene rings is 2. The van der Waals surface area contributed by atoms with Crippen LogP contribution in [0, 0.1) is 0 Å². The standard InChI is InChI=1S/C24H26N2O7S/c1-6-12-26-19-14-21(32-5)20(31-4)13-18(19)15(3)22(34(26,29)30)23(27)25-17-10-8-16(9-11-17)24(28)33-7-2/h6,8-11,13-14H,1,7,12H2,2-5H3,(H,25,27). The van der Waals surface area contributed by atoms with Crippen molar-refractivity contribution in [2.75, 3.05) is 37.0 Å². The molecule has 0 aliphatic carbocycles. The molecule has 0 saturated carbocycles. The maximum Gasteiger partial charge on any atom is 0.338 e. The minimum absolute atomic E-state index is 0.0525. The molecule has 0 aromatic heterocycles. The minimum Gasteiger partial charge on any atom is -0.493 e. The number of hydrogen-bond acceptors (Lipinski definition) is 7. The van der Waals surface area contributed by atoms with Crippen molar-refractivity contribution in [3.05, 3.63) is 65.1 Å². The number of fused-ring (bicyclic) bond motifs is 1. The SMILES string of the molecule is C=CCN1c2cc(OC)c(OC)cc2C(C)=C(C(=O)Nc2ccc(C(=O)OCC)cc2)S1(=O)=O. The van der Waals surface area contributed by atoms with Gasteiger partial charge in [-0.3, -0.25) is 9.10 Å². The number of allylic oxidation sites excluding steroid dienone is 1. The van der Waals surface area contributed by atoms with E-state index in [1.807, 2.05) is 0 Å². The van der Waals surface area contributed by atoms with Crippen LogP contribution >= 0.6 is 0 Å². The fourth-order valence-electron chi connectivity index (χ4n) is 3.62. The number of amides is 1. The van der Waals surface area contributed by atoms with Crippen molar-refractivity contribution in [2.45, 2.75) is 13.8 Å². The summed E-state index contributed by atoms with van der Waals surface area (Å²) < 4.78 is 43.7. The van der Waals surface area contributed by atoms with Gasteiger partial charge in [0.15, 0.2) is 16.4 Å². The smallest absolute Gasteiger partial charge is 0.338 e. The third kappa shape index (κ3) is 4.49. The zero-order valence-corrected chi connectivity index (χ0v) is 20.2. The van der Waals surface area contributed by atoms with Crippen LogP contribution < -0.4 is 19.1 Å². The summed E-state index contributed by atoms with van der Waals surface area (Å²) in [6, 6.07) is 9.16. The van der Waals surface area contributed by atoms with Gasteiger partial charge in [0.05, 0.1) is 38.6 Å². The first-order valence-corrected chi connectivity index (χ1v) is 11.8. The summed E-state index contributed by atoms with van der Waals surface area (Å²) in [7, 11) is -1.30. The van der Waals surface area contributed by atoms with E-state index in [0.717, 1.165) is 4.31 Å². The number of rotatable bonds is 8. The molecule has 180 valence electrons. The number of carbonyl (C=O) groups excluding carboxylic acids is 2. The Balaban J connectivity index is 2.06. The zero-order valence-electron chi connectivity index (χ0n) is 19.4. The normalized spacial score (nSPS) is 14.2. The number of methoxy groups -OCH3 is 2. The Morgan fingerprint density at radius 1 is 1.09 bits per heavy atom. The lowest BCUT2D eigenvalue weighted by Gasteiger charge is -2.32. The summed E-state index contributed by atoms with van der Waals surface area (Å²) in [6.45, 7) is 7.09. The molecule has 0 radical (unpaired) electrons. The van der Waals surface area contributed by atoms with Crippen molar-refractivity contribution in [2.24, 2.45) is 0 Å². The van der Waals surface area contributed by atoms with Gasteiger partial charge >= 0.3 is 5.97 Å². The number of hydrogen-bond donors (Lipinski definition) is 1. The number of nitrogens with zero attached hydrogens (tertiary/aromatic N) is 1. The quantitative estimate of drug-likeness (QED) is 0.448. The molecule has 34 heavy (non-hydrogen) atoms. The lowest BCUT2D eigenvalue weighted by molar-refractivity contribution is -0.112. The molecule has 1 N–H and O–H groups in total. The van der Waals surface area contributed by atoms with Crippen LogP contribution in [0.4, 0.5) is 11.4 Å². The van der Waals surface area contributed by atoms with E-state index in [4.69, 9.17) is 14.2 Å². The second kappa shape index (κ2) is 10.0. The Bertz CT molecular complexity index is 1260. The van der Waals surface area contributed by atoms with Gasteiger partial charge in [-0.15, -0.1) is 6.58 Å². The monoisotopic (exact) mass is 486 g/mol. The van der Waals surface area contributed by atoms with E-state index >= 15 is 0 Å². The van der Waals surface area contributed by atoms with Crippen LogP contribution in [0.3, 0.4) is 0 Å². The molecule has 1 aliphatic rings. The Hall–Kier alpha value is -3.79.